The lowest BCUT2D eigenvalue weighted by atomic mass is 10.2. The van der Waals surface area contributed by atoms with E-state index in [2.05, 4.69) is 16.5 Å². The lowest BCUT2D eigenvalue weighted by Crippen LogP contribution is -2.01. The second-order valence-electron chi connectivity index (χ2n) is 2.43. The molecule has 0 radical (unpaired) electrons. The normalized spacial score (nSPS) is 9.83. The summed E-state index contributed by atoms with van der Waals surface area (Å²) in [6, 6.07) is 0. The summed E-state index contributed by atoms with van der Waals surface area (Å²) in [4.78, 5) is 7.82. The van der Waals surface area contributed by atoms with Gasteiger partial charge in [0.05, 0.1) is 0 Å². The molecule has 0 unspecified atom stereocenters. The Labute approximate surface area is 76.3 Å². The Hall–Kier alpha value is -1.09. The summed E-state index contributed by atoms with van der Waals surface area (Å²) in [6.45, 7) is 5.47. The van der Waals surface area contributed by atoms with Crippen LogP contribution in [0.15, 0.2) is 12.7 Å². The van der Waals surface area contributed by atoms with Crippen LogP contribution in [-0.4, -0.2) is 9.97 Å². The van der Waals surface area contributed by atoms with Crippen LogP contribution in [0.5, 0.6) is 0 Å². The van der Waals surface area contributed by atoms with Crippen molar-refractivity contribution >= 4 is 17.5 Å². The number of aromatic nitrogens is 2. The van der Waals surface area contributed by atoms with Gasteiger partial charge in [-0.15, -0.1) is 6.58 Å². The molecule has 1 heterocycles. The number of anilines is 1. The van der Waals surface area contributed by atoms with Gasteiger partial charge >= 0.3 is 0 Å². The largest absolute Gasteiger partial charge is 0.368 e. The van der Waals surface area contributed by atoms with Gasteiger partial charge in [0, 0.05) is 11.3 Å². The van der Waals surface area contributed by atoms with Gasteiger partial charge in [0.1, 0.15) is 5.15 Å². The van der Waals surface area contributed by atoms with Gasteiger partial charge in [-0.05, 0) is 13.3 Å². The molecule has 4 heteroatoms. The average Bonchev–Trinajstić information content (AvgIpc) is 1.96. The van der Waals surface area contributed by atoms with Crippen molar-refractivity contribution in [3.8, 4) is 0 Å². The van der Waals surface area contributed by atoms with E-state index in [4.69, 9.17) is 17.3 Å². The Morgan fingerprint density at radius 3 is 2.75 bits per heavy atom. The third-order valence-corrected chi connectivity index (χ3v) is 1.84. The molecule has 0 aromatic carbocycles. The van der Waals surface area contributed by atoms with Crippen molar-refractivity contribution in [1.82, 2.24) is 9.97 Å². The molecule has 0 amide bonds. The number of rotatable bonds is 2. The van der Waals surface area contributed by atoms with Crippen molar-refractivity contribution in [3.05, 3.63) is 29.1 Å². The summed E-state index contributed by atoms with van der Waals surface area (Å²) >= 11 is 5.83. The summed E-state index contributed by atoms with van der Waals surface area (Å²) in [5.74, 6) is 0.213. The quantitative estimate of drug-likeness (QED) is 0.562. The Kier molecular flexibility index (Phi) is 2.65. The lowest BCUT2D eigenvalue weighted by molar-refractivity contribution is 1.04. The first-order valence-electron chi connectivity index (χ1n) is 3.54. The van der Waals surface area contributed by atoms with Crippen molar-refractivity contribution < 1.29 is 0 Å². The lowest BCUT2D eigenvalue weighted by Gasteiger charge is -2.04. The van der Waals surface area contributed by atoms with Gasteiger partial charge in [0.2, 0.25) is 5.95 Å². The van der Waals surface area contributed by atoms with Crippen LogP contribution in [0, 0.1) is 6.92 Å². The van der Waals surface area contributed by atoms with Gasteiger partial charge in [0.25, 0.3) is 0 Å². The number of nitrogens with zero attached hydrogens (tertiary/aromatic N) is 2. The Morgan fingerprint density at radius 1 is 1.58 bits per heavy atom. The van der Waals surface area contributed by atoms with Crippen molar-refractivity contribution in [1.29, 1.82) is 0 Å². The molecule has 1 aromatic rings. The van der Waals surface area contributed by atoms with E-state index in [-0.39, 0.29) is 5.95 Å². The molecule has 0 saturated carbocycles. The van der Waals surface area contributed by atoms with Crippen LogP contribution in [-0.2, 0) is 6.42 Å². The standard InChI is InChI=1S/C8H10ClN3/c1-3-4-6-5(2)11-8(10)12-7(6)9/h3H,1,4H2,2H3,(H2,10,11,12). The van der Waals surface area contributed by atoms with Crippen LogP contribution in [0.2, 0.25) is 5.15 Å². The molecule has 64 valence electrons. The average molecular weight is 184 g/mol. The molecule has 0 saturated heterocycles. The minimum Gasteiger partial charge on any atom is -0.368 e. The zero-order valence-electron chi connectivity index (χ0n) is 6.84. The molecule has 3 nitrogen and oxygen atoms in total. The summed E-state index contributed by atoms with van der Waals surface area (Å²) < 4.78 is 0. The predicted octanol–water partition coefficient (Wildman–Crippen LogP) is 1.75. The fourth-order valence-corrected chi connectivity index (χ4v) is 1.26. The summed E-state index contributed by atoms with van der Waals surface area (Å²) in [7, 11) is 0. The van der Waals surface area contributed by atoms with E-state index >= 15 is 0 Å². The van der Waals surface area contributed by atoms with E-state index in [9.17, 15) is 0 Å². The van der Waals surface area contributed by atoms with Gasteiger partial charge < -0.3 is 5.73 Å². The fourth-order valence-electron chi connectivity index (χ4n) is 0.958. The van der Waals surface area contributed by atoms with Gasteiger partial charge in [-0.2, -0.15) is 0 Å². The minimum atomic E-state index is 0.213. The van der Waals surface area contributed by atoms with Crippen molar-refractivity contribution in [3.63, 3.8) is 0 Å². The van der Waals surface area contributed by atoms with E-state index in [1.54, 1.807) is 6.08 Å². The molecule has 0 aliphatic carbocycles. The van der Waals surface area contributed by atoms with E-state index in [1.807, 2.05) is 6.92 Å². The smallest absolute Gasteiger partial charge is 0.221 e. The van der Waals surface area contributed by atoms with E-state index in [0.29, 0.717) is 11.6 Å². The SMILES string of the molecule is C=CCc1c(C)nc(N)nc1Cl. The van der Waals surface area contributed by atoms with Gasteiger partial charge in [-0.1, -0.05) is 17.7 Å². The molecule has 12 heavy (non-hydrogen) atoms. The summed E-state index contributed by atoms with van der Waals surface area (Å²) in [5.41, 5.74) is 7.09. The maximum Gasteiger partial charge on any atom is 0.221 e. The highest BCUT2D eigenvalue weighted by Crippen LogP contribution is 2.17. The van der Waals surface area contributed by atoms with Crippen molar-refractivity contribution in [2.45, 2.75) is 13.3 Å². The highest BCUT2D eigenvalue weighted by atomic mass is 35.5. The molecular weight excluding hydrogens is 174 g/mol. The number of nitrogen functional groups attached to an aromatic ring is 1. The van der Waals surface area contributed by atoms with E-state index in [1.165, 1.54) is 0 Å². The fraction of sp³-hybridized carbons (Fsp3) is 0.250. The molecule has 1 rings (SSSR count). The van der Waals surface area contributed by atoms with Crippen LogP contribution in [0.1, 0.15) is 11.3 Å². The van der Waals surface area contributed by atoms with Crippen LogP contribution in [0.3, 0.4) is 0 Å². The molecule has 0 atom stereocenters. The molecule has 0 fully saturated rings. The van der Waals surface area contributed by atoms with E-state index < -0.39 is 0 Å². The molecule has 0 aliphatic heterocycles. The number of allylic oxidation sites excluding steroid dienone is 1. The zero-order chi connectivity index (χ0) is 9.14. The summed E-state index contributed by atoms with van der Waals surface area (Å²) in [5, 5.41) is 0.417. The number of hydrogen-bond acceptors (Lipinski definition) is 3. The molecule has 0 spiro atoms. The maximum atomic E-state index is 5.83. The van der Waals surface area contributed by atoms with Crippen LogP contribution in [0.4, 0.5) is 5.95 Å². The number of halogens is 1. The highest BCUT2D eigenvalue weighted by molar-refractivity contribution is 6.30. The molecule has 0 aliphatic rings. The van der Waals surface area contributed by atoms with Crippen molar-refractivity contribution in [2.75, 3.05) is 5.73 Å². The predicted molar refractivity (Wildman–Crippen MR) is 50.1 cm³/mol. The molecular formula is C8H10ClN3. The van der Waals surface area contributed by atoms with Crippen LogP contribution in [0.25, 0.3) is 0 Å². The van der Waals surface area contributed by atoms with Crippen LogP contribution >= 0.6 is 11.6 Å². The second kappa shape index (κ2) is 3.54. The first-order chi connectivity index (χ1) is 5.65. The van der Waals surface area contributed by atoms with E-state index in [0.717, 1.165) is 11.3 Å². The molecule has 0 bridgehead atoms. The third kappa shape index (κ3) is 1.74. The zero-order valence-corrected chi connectivity index (χ0v) is 7.60. The first-order valence-corrected chi connectivity index (χ1v) is 3.92. The Bertz CT molecular complexity index is 286. The topological polar surface area (TPSA) is 51.8 Å². The molecule has 2 N–H and O–H groups in total. The van der Waals surface area contributed by atoms with Gasteiger partial charge in [-0.3, -0.25) is 0 Å². The highest BCUT2D eigenvalue weighted by Gasteiger charge is 2.05. The van der Waals surface area contributed by atoms with Crippen molar-refractivity contribution in [2.24, 2.45) is 0 Å². The summed E-state index contributed by atoms with van der Waals surface area (Å²) in [6.07, 6.45) is 2.43. The van der Waals surface area contributed by atoms with Gasteiger partial charge in [-0.25, -0.2) is 9.97 Å². The van der Waals surface area contributed by atoms with Crippen LogP contribution < -0.4 is 5.73 Å². The monoisotopic (exact) mass is 183 g/mol. The Morgan fingerprint density at radius 2 is 2.25 bits per heavy atom. The third-order valence-electron chi connectivity index (χ3n) is 1.53. The Balaban J connectivity index is 3.18. The minimum absolute atomic E-state index is 0.213. The van der Waals surface area contributed by atoms with Gasteiger partial charge in [0.15, 0.2) is 0 Å². The number of aryl methyl sites for hydroxylation is 1. The first kappa shape index (κ1) is 9.00. The number of nitrogens with two attached hydrogens (primary N) is 1. The molecule has 1 aromatic heterocycles. The second-order valence-corrected chi connectivity index (χ2v) is 2.79. The number of hydrogen-bond donors (Lipinski definition) is 1. The maximum absolute atomic E-state index is 5.83.